The molecule has 1 unspecified atom stereocenters. The minimum absolute atomic E-state index is 0.00986. The second-order valence-electron chi connectivity index (χ2n) is 25.3. The molecule has 100 heavy (non-hydrogen) atoms. The van der Waals surface area contributed by atoms with E-state index in [-0.39, 0.29) is 84.5 Å². The first kappa shape index (κ1) is 72.4. The first-order valence-corrected chi connectivity index (χ1v) is 34.6. The monoisotopic (exact) mass is 1410 g/mol. The van der Waals surface area contributed by atoms with Gasteiger partial charge in [-0.3, -0.25) is 52.7 Å². The summed E-state index contributed by atoms with van der Waals surface area (Å²) in [5.41, 5.74) is 6.41. The average Bonchev–Trinajstić information content (AvgIpc) is 1.61. The van der Waals surface area contributed by atoms with Gasteiger partial charge >= 0.3 is 5.97 Å². The molecular weight excluding hydrogens is 1340 g/mol. The number of thioether (sulfide) groups is 2. The van der Waals surface area contributed by atoms with E-state index < -0.39 is 156 Å². The number of fused-ring (bicyclic) bond motifs is 5. The number of aromatic nitrogens is 4. The summed E-state index contributed by atoms with van der Waals surface area (Å²) in [6.07, 6.45) is 3.44. The topological polar surface area (TPSA) is 434 Å². The highest BCUT2D eigenvalue weighted by Crippen LogP contribution is 2.39. The van der Waals surface area contributed by atoms with Crippen LogP contribution in [0, 0.1) is 11.6 Å². The second-order valence-corrected chi connectivity index (χ2v) is 27.4. The Bertz CT molecular complexity index is 4230. The molecule has 2 bridgehead atoms. The molecule has 28 nitrogen and oxygen atoms in total. The SMILES string of the molecule is C[C@@]12CCCN1C(=O)[C@H](Cc1ccc(O)cc1)NC(=O)[C@H](Cc1cnc[nH]1)NC(=O)[C@H](CC(=O)O)NC(=O)[C@H](Cc1c[nH]c3ccc(F)cc13)NC(=O)[C@H](Cc1c[nH]c3ccc(F)cc13)NC(=O)CNC(=O)C(C1(O)CC1)NC(=O)CCSCc1cccc(c1)CSC[C@@H](C(N)=O)NC2=O. The van der Waals surface area contributed by atoms with Gasteiger partial charge in [0, 0.05) is 108 Å². The smallest absolute Gasteiger partial charge is 0.305 e. The van der Waals surface area contributed by atoms with E-state index in [0.717, 1.165) is 17.2 Å². The largest absolute Gasteiger partial charge is 0.508 e. The molecule has 8 atom stereocenters. The van der Waals surface area contributed by atoms with Crippen molar-refractivity contribution in [3.05, 3.63) is 155 Å². The maximum atomic E-state index is 15.2. The summed E-state index contributed by atoms with van der Waals surface area (Å²) in [6, 6.07) is 9.33. The van der Waals surface area contributed by atoms with Crippen molar-refractivity contribution < 1.29 is 76.8 Å². The highest BCUT2D eigenvalue weighted by Gasteiger charge is 2.52. The van der Waals surface area contributed by atoms with E-state index in [1.54, 1.807) is 0 Å². The first-order valence-electron chi connectivity index (χ1n) is 32.2. The molecule has 5 heterocycles. The second kappa shape index (κ2) is 32.1. The number of aliphatic carboxylic acids is 1. The molecule has 2 fully saturated rings. The number of phenols is 1. The normalized spacial score (nSPS) is 23.9. The molecular formula is C68H76F2N14O14S2. The number of phenolic OH excluding ortho intramolecular Hbond substituents is 1. The molecule has 10 rings (SSSR count). The summed E-state index contributed by atoms with van der Waals surface area (Å²) < 4.78 is 29.8. The number of carboxylic acid groups (broad SMARTS) is 1. The number of nitrogens with one attached hydrogen (secondary N) is 11. The van der Waals surface area contributed by atoms with Crippen LogP contribution in [0.15, 0.2) is 110 Å². The third-order valence-corrected chi connectivity index (χ3v) is 20.0. The number of amides is 10. The maximum absolute atomic E-state index is 15.2. The zero-order valence-corrected chi connectivity index (χ0v) is 55.8. The van der Waals surface area contributed by atoms with Gasteiger partial charge in [-0.2, -0.15) is 23.5 Å². The molecule has 3 aliphatic rings. The Morgan fingerprint density at radius 1 is 0.650 bits per heavy atom. The molecule has 4 aromatic carbocycles. The van der Waals surface area contributed by atoms with Crippen LogP contribution in [0.4, 0.5) is 8.78 Å². The lowest BCUT2D eigenvalue weighted by molar-refractivity contribution is -0.147. The van der Waals surface area contributed by atoms with Crippen LogP contribution in [0.25, 0.3) is 21.8 Å². The van der Waals surface area contributed by atoms with Gasteiger partial charge in [-0.25, -0.2) is 13.8 Å². The summed E-state index contributed by atoms with van der Waals surface area (Å²) in [5.74, 6) is -11.3. The number of nitrogens with two attached hydrogens (primary N) is 1. The predicted octanol–water partition coefficient (Wildman–Crippen LogP) is 1.57. The van der Waals surface area contributed by atoms with E-state index in [2.05, 4.69) is 62.5 Å². The van der Waals surface area contributed by atoms with Crippen LogP contribution in [0.2, 0.25) is 0 Å². The molecule has 7 aromatic rings. The molecule has 32 heteroatoms. The van der Waals surface area contributed by atoms with Crippen LogP contribution in [0.1, 0.15) is 79.0 Å². The molecule has 3 aromatic heterocycles. The van der Waals surface area contributed by atoms with Crippen molar-refractivity contribution in [2.45, 2.75) is 136 Å². The van der Waals surface area contributed by atoms with Gasteiger partial charge in [-0.15, -0.1) is 0 Å². The van der Waals surface area contributed by atoms with E-state index >= 15 is 19.2 Å². The Labute approximate surface area is 579 Å². The van der Waals surface area contributed by atoms with Crippen molar-refractivity contribution in [3.8, 4) is 5.75 Å². The molecule has 10 amide bonds. The van der Waals surface area contributed by atoms with Crippen LogP contribution >= 0.6 is 23.5 Å². The van der Waals surface area contributed by atoms with Crippen molar-refractivity contribution in [3.63, 3.8) is 0 Å². The number of benzene rings is 4. The van der Waals surface area contributed by atoms with E-state index in [1.807, 2.05) is 24.3 Å². The maximum Gasteiger partial charge on any atom is 0.305 e. The van der Waals surface area contributed by atoms with Crippen molar-refractivity contribution >= 4 is 110 Å². The number of rotatable bonds is 12. The molecule has 1 aliphatic carbocycles. The fourth-order valence-corrected chi connectivity index (χ4v) is 14.1. The van der Waals surface area contributed by atoms with E-state index in [9.17, 15) is 57.7 Å². The van der Waals surface area contributed by atoms with E-state index in [0.29, 0.717) is 39.9 Å². The van der Waals surface area contributed by atoms with Gasteiger partial charge in [0.15, 0.2) is 0 Å². The molecule has 1 saturated heterocycles. The van der Waals surface area contributed by atoms with Crippen molar-refractivity contribution in [2.24, 2.45) is 5.73 Å². The van der Waals surface area contributed by atoms with E-state index in [4.69, 9.17) is 5.73 Å². The Kier molecular flexibility index (Phi) is 23.2. The fourth-order valence-electron chi connectivity index (χ4n) is 12.2. The Balaban J connectivity index is 0.982. The number of carbonyl (C=O) groups excluding carboxylic acids is 10. The summed E-state index contributed by atoms with van der Waals surface area (Å²) in [5, 5.41) is 52.9. The summed E-state index contributed by atoms with van der Waals surface area (Å²) in [7, 11) is 0. The van der Waals surface area contributed by atoms with Crippen LogP contribution < -0.4 is 48.3 Å². The number of aliphatic hydroxyl groups is 1. The highest BCUT2D eigenvalue weighted by atomic mass is 32.2. The van der Waals surface area contributed by atoms with Gasteiger partial charge in [0.25, 0.3) is 0 Å². The highest BCUT2D eigenvalue weighted by molar-refractivity contribution is 7.98. The van der Waals surface area contributed by atoms with Gasteiger partial charge in [0.05, 0.1) is 24.9 Å². The average molecular weight is 1420 g/mol. The number of hydrogen-bond donors (Lipinski definition) is 15. The Morgan fingerprint density at radius 2 is 1.23 bits per heavy atom. The first-order chi connectivity index (χ1) is 47.8. The Hall–Kier alpha value is -10.3. The number of aromatic amines is 3. The third kappa shape index (κ3) is 18.5. The zero-order chi connectivity index (χ0) is 71.4. The van der Waals surface area contributed by atoms with Crippen LogP contribution in [0.5, 0.6) is 5.75 Å². The van der Waals surface area contributed by atoms with E-state index in [1.165, 1.54) is 115 Å². The number of H-pyrrole nitrogens is 3. The number of carboxylic acids is 1. The predicted molar refractivity (Wildman–Crippen MR) is 363 cm³/mol. The lowest BCUT2D eigenvalue weighted by Crippen LogP contribution is -2.63. The standard InChI is InChI=1S/C68H76F2N14O14S2/c1-67-15-3-18-84(67)65(96)53(21-36-6-10-44(85)11-7-36)81-62(93)51(26-43-30-72-35-76-43)79-63(94)52(27-57(88)89)80-61(92)50(23-40-29-74-48-13-9-42(70)25-46(40)48)78-60(91)49(22-39-28-73-47-12-8-41(69)24-45(39)47)77-56(87)31-75-64(95)58(68(98)16-17-68)83-55(86)14-19-99-32-37-4-2-5-38(20-37)33-100-34-54(59(71)90)82-66(67)97/h2,4-13,20,24-25,28-30,35,49-54,58,73-74,85,98H,3,14-19,21-23,26-27,31-34H2,1H3,(H2,71,90)(H,72,76)(H,75,95)(H,77,87)(H,78,91)(H,79,94)(H,80,92)(H,81,93)(H,82,97)(H,83,86)(H,88,89)/t49-,50-,51-,52-,53-,54-,58?,67-/m0/s1. The van der Waals surface area contributed by atoms with Crippen LogP contribution in [0.3, 0.4) is 0 Å². The lowest BCUT2D eigenvalue weighted by Gasteiger charge is -2.37. The van der Waals surface area contributed by atoms with Crippen LogP contribution in [-0.2, 0) is 89.9 Å². The number of aromatic hydroxyl groups is 1. The third-order valence-electron chi connectivity index (χ3n) is 17.8. The zero-order valence-electron chi connectivity index (χ0n) is 54.1. The lowest BCUT2D eigenvalue weighted by atomic mass is 9.95. The van der Waals surface area contributed by atoms with Gasteiger partial charge < -0.3 is 83.4 Å². The number of imidazole rings is 1. The molecule has 0 spiro atoms. The van der Waals surface area contributed by atoms with Gasteiger partial charge in [0.1, 0.15) is 65.2 Å². The summed E-state index contributed by atoms with van der Waals surface area (Å²) in [6.45, 7) is 0.696. The number of carbonyl (C=O) groups is 11. The quantitative estimate of drug-likeness (QED) is 0.0825. The molecule has 2 aliphatic heterocycles. The minimum Gasteiger partial charge on any atom is -0.508 e. The fraction of sp³-hybridized carbons (Fsp3) is 0.382. The van der Waals surface area contributed by atoms with Gasteiger partial charge in [-0.1, -0.05) is 36.4 Å². The van der Waals surface area contributed by atoms with Crippen molar-refractivity contribution in [1.82, 2.24) is 67.4 Å². The Morgan fingerprint density at radius 3 is 1.82 bits per heavy atom. The number of halogens is 2. The summed E-state index contributed by atoms with van der Waals surface area (Å²) in [4.78, 5) is 171. The molecule has 1 saturated carbocycles. The summed E-state index contributed by atoms with van der Waals surface area (Å²) >= 11 is 2.73. The van der Waals surface area contributed by atoms with Gasteiger partial charge in [-0.05, 0) is 109 Å². The number of nitrogens with zero attached hydrogens (tertiary/aromatic N) is 2. The number of hydrogen-bond acceptors (Lipinski definition) is 16. The molecule has 528 valence electrons. The minimum atomic E-state index is -2.06. The van der Waals surface area contributed by atoms with Gasteiger partial charge in [0.2, 0.25) is 59.1 Å². The molecule has 0 radical (unpaired) electrons. The van der Waals surface area contributed by atoms with Crippen molar-refractivity contribution in [1.29, 1.82) is 0 Å². The number of primary amides is 1. The van der Waals surface area contributed by atoms with Crippen molar-refractivity contribution in [2.75, 3.05) is 24.6 Å². The van der Waals surface area contributed by atoms with Crippen LogP contribution in [-0.4, -0.2) is 183 Å². The molecule has 16 N–H and O–H groups in total.